The standard InChI is InChI=1S/C46H88NO8P/c1-3-5-7-9-11-13-15-17-19-21-23-25-27-29-31-33-35-37-39-46(50)53-42-44(48)43-55-56(51,52)54-41-40-47-45(49)38-36-34-32-30-28-26-24-22-20-18-16-14-12-10-8-6-4-2/h12,14,18,20,44,48H,3-11,13,15-17,19,21-43H2,1-2H3,(H,47,49)(H,51,52)/b14-12-,20-18-. The molecule has 2 atom stereocenters. The number of phosphoric acid groups is 1. The van der Waals surface area contributed by atoms with Crippen molar-refractivity contribution >= 4 is 19.7 Å². The van der Waals surface area contributed by atoms with Crippen LogP contribution in [-0.2, 0) is 27.9 Å². The number of hydrogen-bond acceptors (Lipinski definition) is 7. The molecular formula is C46H88NO8P. The highest BCUT2D eigenvalue weighted by molar-refractivity contribution is 7.47. The SMILES string of the molecule is CCCCC/C=C\C/C=C\CCCCCCCCCC(=O)NCCOP(=O)(O)OCC(O)COC(=O)CCCCCCCCCCCCCCCCCCCC. The van der Waals surface area contributed by atoms with E-state index in [9.17, 15) is 24.2 Å². The molecule has 0 aromatic heterocycles. The Balaban J connectivity index is 3.57. The van der Waals surface area contributed by atoms with E-state index in [0.29, 0.717) is 6.42 Å². The summed E-state index contributed by atoms with van der Waals surface area (Å²) in [7, 11) is -4.42. The monoisotopic (exact) mass is 814 g/mol. The van der Waals surface area contributed by atoms with Crippen LogP contribution < -0.4 is 5.32 Å². The molecule has 0 aromatic rings. The number of allylic oxidation sites excluding steroid dienone is 4. The van der Waals surface area contributed by atoms with Gasteiger partial charge >= 0.3 is 13.8 Å². The maximum Gasteiger partial charge on any atom is 0.472 e. The summed E-state index contributed by atoms with van der Waals surface area (Å²) in [5.41, 5.74) is 0. The van der Waals surface area contributed by atoms with Crippen molar-refractivity contribution in [2.75, 3.05) is 26.4 Å². The van der Waals surface area contributed by atoms with Gasteiger partial charge < -0.3 is 20.1 Å². The second-order valence-corrected chi connectivity index (χ2v) is 17.2. The largest absolute Gasteiger partial charge is 0.472 e. The Morgan fingerprint density at radius 1 is 0.554 bits per heavy atom. The topological polar surface area (TPSA) is 131 Å². The summed E-state index contributed by atoms with van der Waals surface area (Å²) in [4.78, 5) is 34.0. The number of esters is 1. The maximum absolute atomic E-state index is 12.1. The number of carbonyl (C=O) groups is 2. The molecule has 0 aromatic carbocycles. The number of phosphoric ester groups is 1. The molecule has 0 fully saturated rings. The minimum atomic E-state index is -4.42. The molecule has 9 nitrogen and oxygen atoms in total. The summed E-state index contributed by atoms with van der Waals surface area (Å²) >= 11 is 0. The van der Waals surface area contributed by atoms with Gasteiger partial charge in [0.15, 0.2) is 0 Å². The van der Waals surface area contributed by atoms with Gasteiger partial charge in [0.05, 0.1) is 13.2 Å². The number of amides is 1. The third kappa shape index (κ3) is 43.6. The van der Waals surface area contributed by atoms with E-state index in [0.717, 1.165) is 51.4 Å². The van der Waals surface area contributed by atoms with Crippen LogP contribution in [0, 0.1) is 0 Å². The lowest BCUT2D eigenvalue weighted by molar-refractivity contribution is -0.147. The fourth-order valence-corrected chi connectivity index (χ4v) is 7.35. The van der Waals surface area contributed by atoms with Crippen molar-refractivity contribution in [2.45, 2.75) is 232 Å². The summed E-state index contributed by atoms with van der Waals surface area (Å²) in [5.74, 6) is -0.516. The normalized spacial score (nSPS) is 13.4. The highest BCUT2D eigenvalue weighted by Gasteiger charge is 2.23. The average molecular weight is 814 g/mol. The zero-order valence-electron chi connectivity index (χ0n) is 36.3. The third-order valence-electron chi connectivity index (χ3n) is 10.1. The number of unbranched alkanes of at least 4 members (excludes halogenated alkanes) is 27. The van der Waals surface area contributed by atoms with E-state index >= 15 is 0 Å². The van der Waals surface area contributed by atoms with Crippen LogP contribution >= 0.6 is 7.82 Å². The molecule has 10 heteroatoms. The van der Waals surface area contributed by atoms with Crippen LogP contribution in [0.5, 0.6) is 0 Å². The zero-order chi connectivity index (χ0) is 41.1. The summed E-state index contributed by atoms with van der Waals surface area (Å²) in [6.45, 7) is 3.55. The summed E-state index contributed by atoms with van der Waals surface area (Å²) < 4.78 is 26.9. The van der Waals surface area contributed by atoms with Crippen LogP contribution in [-0.4, -0.2) is 54.3 Å². The molecule has 1 amide bonds. The number of aliphatic hydroxyl groups is 1. The Labute approximate surface area is 344 Å². The minimum absolute atomic E-state index is 0.0794. The number of carbonyl (C=O) groups excluding carboxylic acids is 2. The van der Waals surface area contributed by atoms with Gasteiger partial charge in [-0.3, -0.25) is 18.6 Å². The highest BCUT2D eigenvalue weighted by Crippen LogP contribution is 2.42. The second kappa shape index (κ2) is 43.1. The van der Waals surface area contributed by atoms with Gasteiger partial charge in [-0.15, -0.1) is 0 Å². The Bertz CT molecular complexity index is 975. The van der Waals surface area contributed by atoms with Crippen LogP contribution in [0.15, 0.2) is 24.3 Å². The van der Waals surface area contributed by atoms with Crippen LogP contribution in [0.1, 0.15) is 226 Å². The Kier molecular flexibility index (Phi) is 41.9. The van der Waals surface area contributed by atoms with E-state index in [1.165, 1.54) is 148 Å². The van der Waals surface area contributed by atoms with Crippen molar-refractivity contribution in [3.05, 3.63) is 24.3 Å². The zero-order valence-corrected chi connectivity index (χ0v) is 37.2. The van der Waals surface area contributed by atoms with Gasteiger partial charge in [-0.1, -0.05) is 192 Å². The minimum Gasteiger partial charge on any atom is -0.463 e. The molecule has 0 aliphatic carbocycles. The van der Waals surface area contributed by atoms with Gasteiger partial charge in [-0.25, -0.2) is 4.57 Å². The molecule has 0 heterocycles. The Morgan fingerprint density at radius 3 is 1.46 bits per heavy atom. The van der Waals surface area contributed by atoms with Gasteiger partial charge in [0.2, 0.25) is 5.91 Å². The molecule has 0 radical (unpaired) electrons. The molecule has 3 N–H and O–H groups in total. The van der Waals surface area contributed by atoms with Crippen molar-refractivity contribution in [1.82, 2.24) is 5.32 Å². The van der Waals surface area contributed by atoms with Gasteiger partial charge in [-0.2, -0.15) is 0 Å². The highest BCUT2D eigenvalue weighted by atomic mass is 31.2. The molecule has 0 saturated heterocycles. The van der Waals surface area contributed by atoms with E-state index in [-0.39, 0.29) is 32.1 Å². The van der Waals surface area contributed by atoms with Crippen molar-refractivity contribution in [2.24, 2.45) is 0 Å². The van der Waals surface area contributed by atoms with Gasteiger partial charge in [0.1, 0.15) is 12.7 Å². The van der Waals surface area contributed by atoms with Crippen LogP contribution in [0.3, 0.4) is 0 Å². The van der Waals surface area contributed by atoms with Crippen molar-refractivity contribution in [3.8, 4) is 0 Å². The first-order valence-electron chi connectivity index (χ1n) is 23.3. The molecular weight excluding hydrogens is 725 g/mol. The smallest absolute Gasteiger partial charge is 0.463 e. The van der Waals surface area contributed by atoms with Gasteiger partial charge in [0.25, 0.3) is 0 Å². The molecule has 0 aliphatic heterocycles. The summed E-state index contributed by atoms with van der Waals surface area (Å²) in [6, 6.07) is 0. The molecule has 56 heavy (non-hydrogen) atoms. The van der Waals surface area contributed by atoms with E-state index < -0.39 is 26.5 Å². The first-order chi connectivity index (χ1) is 27.3. The van der Waals surface area contributed by atoms with E-state index in [1.807, 2.05) is 0 Å². The lowest BCUT2D eigenvalue weighted by Crippen LogP contribution is -2.27. The molecule has 2 unspecified atom stereocenters. The molecule has 0 rings (SSSR count). The summed E-state index contributed by atoms with van der Waals surface area (Å²) in [5, 5.41) is 12.7. The average Bonchev–Trinajstić information content (AvgIpc) is 3.18. The Morgan fingerprint density at radius 2 is 0.964 bits per heavy atom. The van der Waals surface area contributed by atoms with E-state index in [4.69, 9.17) is 13.8 Å². The molecule has 330 valence electrons. The van der Waals surface area contributed by atoms with Crippen LogP contribution in [0.25, 0.3) is 0 Å². The number of nitrogens with one attached hydrogen (secondary N) is 1. The summed E-state index contributed by atoms with van der Waals surface area (Å²) in [6.07, 6.45) is 46.8. The fourth-order valence-electron chi connectivity index (χ4n) is 6.59. The molecule has 0 bridgehead atoms. The fraction of sp³-hybridized carbons (Fsp3) is 0.870. The first-order valence-corrected chi connectivity index (χ1v) is 24.8. The van der Waals surface area contributed by atoms with Gasteiger partial charge in [0, 0.05) is 19.4 Å². The van der Waals surface area contributed by atoms with E-state index in [1.54, 1.807) is 0 Å². The van der Waals surface area contributed by atoms with E-state index in [2.05, 4.69) is 43.5 Å². The maximum atomic E-state index is 12.1. The number of rotatable bonds is 44. The number of ether oxygens (including phenoxy) is 1. The molecule has 0 spiro atoms. The van der Waals surface area contributed by atoms with Crippen molar-refractivity contribution in [3.63, 3.8) is 0 Å². The second-order valence-electron chi connectivity index (χ2n) is 15.7. The predicted octanol–water partition coefficient (Wildman–Crippen LogP) is 13.2. The molecule has 0 aliphatic rings. The van der Waals surface area contributed by atoms with Crippen molar-refractivity contribution in [1.29, 1.82) is 0 Å². The molecule has 0 saturated carbocycles. The number of aliphatic hydroxyl groups excluding tert-OH is 1. The van der Waals surface area contributed by atoms with Crippen LogP contribution in [0.2, 0.25) is 0 Å². The number of hydrogen-bond donors (Lipinski definition) is 3. The van der Waals surface area contributed by atoms with Gasteiger partial charge in [-0.05, 0) is 44.9 Å². The first kappa shape index (κ1) is 54.5. The quantitative estimate of drug-likeness (QED) is 0.0240. The lowest BCUT2D eigenvalue weighted by atomic mass is 10.0. The van der Waals surface area contributed by atoms with Crippen molar-refractivity contribution < 1.29 is 37.9 Å². The predicted molar refractivity (Wildman–Crippen MR) is 234 cm³/mol. The van der Waals surface area contributed by atoms with Crippen LogP contribution in [0.4, 0.5) is 0 Å². The Hall–Kier alpha value is -1.51. The third-order valence-corrected chi connectivity index (χ3v) is 11.1. The lowest BCUT2D eigenvalue weighted by Gasteiger charge is -2.15.